The number of hydrogen-bond donors (Lipinski definition) is 0. The average Bonchev–Trinajstić information content (AvgIpc) is 2.43. The maximum atomic E-state index is 5.97. The zero-order chi connectivity index (χ0) is 12.1. The molecule has 2 heteroatoms. The second kappa shape index (κ2) is 5.44. The Kier molecular flexibility index (Phi) is 3.93. The van der Waals surface area contributed by atoms with E-state index in [1.165, 1.54) is 10.6 Å². The predicted octanol–water partition coefficient (Wildman–Crippen LogP) is 3.24. The molecule has 0 aliphatic rings. The highest BCUT2D eigenvalue weighted by molar-refractivity contribution is 7.85. The molecule has 0 aliphatic heterocycles. The third kappa shape index (κ3) is 2.26. The van der Waals surface area contributed by atoms with Crippen LogP contribution in [0.1, 0.15) is 6.92 Å². The van der Waals surface area contributed by atoms with Gasteiger partial charge in [0.1, 0.15) is 10.6 Å². The largest absolute Gasteiger partial charge is 0.230 e. The summed E-state index contributed by atoms with van der Waals surface area (Å²) in [5.41, 5.74) is 0. The van der Waals surface area contributed by atoms with Gasteiger partial charge in [-0.3, -0.25) is 0 Å². The van der Waals surface area contributed by atoms with Gasteiger partial charge in [-0.05, 0) is 31.2 Å². The van der Waals surface area contributed by atoms with E-state index < -0.39 is 7.49 Å². The van der Waals surface area contributed by atoms with Gasteiger partial charge in [0.2, 0.25) is 7.49 Å². The summed E-state index contributed by atoms with van der Waals surface area (Å²) in [6.07, 6.45) is 1.03. The van der Waals surface area contributed by atoms with Crippen molar-refractivity contribution < 1.29 is 4.52 Å². The lowest BCUT2D eigenvalue weighted by molar-refractivity contribution is 0.459. The van der Waals surface area contributed by atoms with E-state index in [2.05, 4.69) is 67.6 Å². The molecule has 0 bridgehead atoms. The number of rotatable bonds is 4. The van der Waals surface area contributed by atoms with E-state index >= 15 is 0 Å². The first-order valence-electron chi connectivity index (χ1n) is 5.88. The lowest BCUT2D eigenvalue weighted by Crippen LogP contribution is -2.25. The summed E-state index contributed by atoms with van der Waals surface area (Å²) in [5, 5.41) is 2.63. The van der Waals surface area contributed by atoms with Crippen molar-refractivity contribution in [3.63, 3.8) is 0 Å². The maximum Gasteiger partial charge on any atom is 0.209 e. The predicted molar refractivity (Wildman–Crippen MR) is 76.6 cm³/mol. The van der Waals surface area contributed by atoms with Crippen LogP contribution in [0, 0.1) is 0 Å². The van der Waals surface area contributed by atoms with Crippen LogP contribution in [0.4, 0.5) is 0 Å². The van der Waals surface area contributed by atoms with Crippen LogP contribution in [-0.2, 0) is 4.52 Å². The zero-order valence-corrected chi connectivity index (χ0v) is 11.2. The average molecular weight is 245 g/mol. The quantitative estimate of drug-likeness (QED) is 0.751. The second-order valence-corrected chi connectivity index (χ2v) is 7.42. The molecule has 2 rings (SSSR count). The van der Waals surface area contributed by atoms with E-state index in [0.717, 1.165) is 6.16 Å². The van der Waals surface area contributed by atoms with Crippen molar-refractivity contribution in [2.24, 2.45) is 0 Å². The molecule has 0 aliphatic carbocycles. The number of hydrogen-bond acceptors (Lipinski definition) is 1. The fraction of sp³-hybridized carbons (Fsp3) is 0.200. The lowest BCUT2D eigenvalue weighted by atomic mass is 10.4. The van der Waals surface area contributed by atoms with Gasteiger partial charge in [0.05, 0.1) is 13.3 Å². The molecular formula is C15H18OP+. The molecule has 0 spiro atoms. The first-order valence-corrected chi connectivity index (χ1v) is 7.77. The van der Waals surface area contributed by atoms with Crippen molar-refractivity contribution in [3.05, 3.63) is 60.7 Å². The van der Waals surface area contributed by atoms with Crippen molar-refractivity contribution in [1.82, 2.24) is 0 Å². The van der Waals surface area contributed by atoms with Crippen LogP contribution >= 0.6 is 7.49 Å². The fourth-order valence-electron chi connectivity index (χ4n) is 2.19. The molecule has 0 fully saturated rings. The van der Waals surface area contributed by atoms with Crippen molar-refractivity contribution >= 4 is 18.1 Å². The molecule has 0 radical (unpaired) electrons. The number of benzene rings is 2. The van der Waals surface area contributed by atoms with Crippen LogP contribution in [0.2, 0.25) is 0 Å². The summed E-state index contributed by atoms with van der Waals surface area (Å²) in [5.74, 6) is 0. The maximum absolute atomic E-state index is 5.97. The Bertz CT molecular complexity index is 407. The monoisotopic (exact) mass is 245 g/mol. The molecule has 0 saturated heterocycles. The highest BCUT2D eigenvalue weighted by Gasteiger charge is 2.41. The molecule has 0 aromatic heterocycles. The summed E-state index contributed by atoms with van der Waals surface area (Å²) in [4.78, 5) is 0. The molecule has 0 N–H and O–H groups in total. The van der Waals surface area contributed by atoms with E-state index in [4.69, 9.17) is 4.52 Å². The topological polar surface area (TPSA) is 9.23 Å². The van der Waals surface area contributed by atoms with E-state index in [0.29, 0.717) is 0 Å². The van der Waals surface area contributed by atoms with Gasteiger partial charge in [-0.1, -0.05) is 36.4 Å². The van der Waals surface area contributed by atoms with Gasteiger partial charge in [0, 0.05) is 0 Å². The second-order valence-electron chi connectivity index (χ2n) is 3.91. The third-order valence-electron chi connectivity index (χ3n) is 3.10. The molecule has 1 nitrogen and oxygen atoms in total. The van der Waals surface area contributed by atoms with Crippen LogP contribution < -0.4 is 10.6 Å². The van der Waals surface area contributed by atoms with Gasteiger partial charge in [-0.15, -0.1) is 0 Å². The highest BCUT2D eigenvalue weighted by atomic mass is 31.2. The minimum absolute atomic E-state index is 1.03. The molecule has 88 valence electrons. The van der Waals surface area contributed by atoms with Crippen LogP contribution in [0.5, 0.6) is 0 Å². The Morgan fingerprint density at radius 3 is 1.53 bits per heavy atom. The summed E-state index contributed by atoms with van der Waals surface area (Å²) >= 11 is 0. The Morgan fingerprint density at radius 2 is 1.24 bits per heavy atom. The van der Waals surface area contributed by atoms with Crippen molar-refractivity contribution in [2.45, 2.75) is 6.92 Å². The molecule has 0 amide bonds. The molecule has 2 aromatic carbocycles. The first-order chi connectivity index (χ1) is 8.33. The highest BCUT2D eigenvalue weighted by Crippen LogP contribution is 2.56. The van der Waals surface area contributed by atoms with Crippen molar-refractivity contribution in [3.8, 4) is 0 Å². The van der Waals surface area contributed by atoms with E-state index in [9.17, 15) is 0 Å². The third-order valence-corrected chi connectivity index (χ3v) is 6.88. The summed E-state index contributed by atoms with van der Waals surface area (Å²) < 4.78 is 5.97. The fourth-order valence-corrected chi connectivity index (χ4v) is 5.21. The lowest BCUT2D eigenvalue weighted by Gasteiger charge is -2.22. The minimum Gasteiger partial charge on any atom is -0.230 e. The Balaban J connectivity index is 2.54. The Hall–Kier alpha value is -1.17. The Morgan fingerprint density at radius 1 is 0.824 bits per heavy atom. The molecule has 17 heavy (non-hydrogen) atoms. The van der Waals surface area contributed by atoms with Gasteiger partial charge in [-0.2, -0.15) is 0 Å². The van der Waals surface area contributed by atoms with Gasteiger partial charge in [0.25, 0.3) is 0 Å². The van der Waals surface area contributed by atoms with E-state index in [1.807, 2.05) is 7.11 Å². The Labute approximate surface area is 104 Å². The summed E-state index contributed by atoms with van der Waals surface area (Å²) in [6, 6.07) is 21.1. The molecule has 0 unspecified atom stereocenters. The molecule has 0 atom stereocenters. The summed E-state index contributed by atoms with van der Waals surface area (Å²) in [7, 11) is 0.168. The molecule has 0 saturated carbocycles. The minimum atomic E-state index is -1.66. The molecule has 0 heterocycles. The van der Waals surface area contributed by atoms with Crippen molar-refractivity contribution in [2.75, 3.05) is 13.3 Å². The first kappa shape index (κ1) is 12.3. The van der Waals surface area contributed by atoms with E-state index in [1.54, 1.807) is 0 Å². The van der Waals surface area contributed by atoms with Crippen molar-refractivity contribution in [1.29, 1.82) is 0 Å². The van der Waals surface area contributed by atoms with Crippen LogP contribution in [0.25, 0.3) is 0 Å². The van der Waals surface area contributed by atoms with Gasteiger partial charge < -0.3 is 0 Å². The summed E-state index contributed by atoms with van der Waals surface area (Å²) in [6.45, 7) is 2.21. The standard InChI is InChI=1S/C15H18OP/c1-3-17(16-2,14-10-6-4-7-11-14)15-12-8-5-9-13-15/h4-13H,3H2,1-2H3/q+1. The van der Waals surface area contributed by atoms with Gasteiger partial charge in [-0.25, -0.2) is 4.52 Å². The van der Waals surface area contributed by atoms with Gasteiger partial charge >= 0.3 is 0 Å². The normalized spacial score (nSPS) is 11.4. The van der Waals surface area contributed by atoms with Crippen LogP contribution in [0.15, 0.2) is 60.7 Å². The van der Waals surface area contributed by atoms with Crippen LogP contribution in [-0.4, -0.2) is 13.3 Å². The van der Waals surface area contributed by atoms with E-state index in [-0.39, 0.29) is 0 Å². The molecular weight excluding hydrogens is 227 g/mol. The molecule has 2 aromatic rings. The van der Waals surface area contributed by atoms with Crippen LogP contribution in [0.3, 0.4) is 0 Å². The SMILES string of the molecule is CC[P+](OC)(c1ccccc1)c1ccccc1. The smallest absolute Gasteiger partial charge is 0.209 e. The zero-order valence-electron chi connectivity index (χ0n) is 10.3. The van der Waals surface area contributed by atoms with Gasteiger partial charge in [0.15, 0.2) is 0 Å².